The number of hydrogen-bond donors (Lipinski definition) is 1. The van der Waals surface area contributed by atoms with Crippen LogP contribution in [0.2, 0.25) is 0 Å². The molecule has 0 saturated heterocycles. The first-order valence-corrected chi connectivity index (χ1v) is 6.73. The number of anilines is 1. The Bertz CT molecular complexity index is 655. The number of hydrogen-bond acceptors (Lipinski definition) is 2. The Kier molecular flexibility index (Phi) is 3.46. The van der Waals surface area contributed by atoms with Crippen LogP contribution in [0.1, 0.15) is 23.2 Å². The Hall–Kier alpha value is -2.23. The van der Waals surface area contributed by atoms with Gasteiger partial charge in [0.25, 0.3) is 0 Å². The van der Waals surface area contributed by atoms with Gasteiger partial charge in [-0.15, -0.1) is 0 Å². The summed E-state index contributed by atoms with van der Waals surface area (Å²) in [6.45, 7) is 0. The van der Waals surface area contributed by atoms with E-state index in [0.717, 1.165) is 18.5 Å². The summed E-state index contributed by atoms with van der Waals surface area (Å²) in [7, 11) is 0. The first-order valence-electron chi connectivity index (χ1n) is 6.73. The first-order chi connectivity index (χ1) is 9.72. The van der Waals surface area contributed by atoms with Crippen LogP contribution in [-0.4, -0.2) is 10.9 Å². The van der Waals surface area contributed by atoms with Crippen LogP contribution in [0.3, 0.4) is 0 Å². The van der Waals surface area contributed by atoms with Crippen molar-refractivity contribution in [3.05, 3.63) is 59.2 Å². The van der Waals surface area contributed by atoms with E-state index in [-0.39, 0.29) is 18.0 Å². The molecule has 1 aromatic heterocycles. The maximum absolute atomic E-state index is 13.4. The van der Waals surface area contributed by atoms with Crippen LogP contribution in [0, 0.1) is 5.82 Å². The van der Waals surface area contributed by atoms with Crippen LogP contribution in [-0.2, 0) is 24.1 Å². The van der Waals surface area contributed by atoms with Crippen molar-refractivity contribution in [3.63, 3.8) is 0 Å². The molecule has 3 nitrogen and oxygen atoms in total. The van der Waals surface area contributed by atoms with Gasteiger partial charge in [0.15, 0.2) is 0 Å². The molecule has 1 N–H and O–H groups in total. The second-order valence-corrected chi connectivity index (χ2v) is 4.99. The van der Waals surface area contributed by atoms with Crippen molar-refractivity contribution in [2.75, 3.05) is 5.32 Å². The summed E-state index contributed by atoms with van der Waals surface area (Å²) in [5.74, 6) is -0.697. The molecule has 0 unspecified atom stereocenters. The number of nitrogens with zero attached hydrogens (tertiary/aromatic N) is 1. The summed E-state index contributed by atoms with van der Waals surface area (Å²) in [6, 6.07) is 8.79. The molecular formula is C16H15FN2O. The van der Waals surface area contributed by atoms with E-state index in [1.165, 1.54) is 35.9 Å². The molecule has 0 aliphatic heterocycles. The quantitative estimate of drug-likeness (QED) is 0.931. The molecule has 0 bridgehead atoms. The second-order valence-electron chi connectivity index (χ2n) is 4.99. The van der Waals surface area contributed by atoms with Crippen molar-refractivity contribution in [2.24, 2.45) is 0 Å². The monoisotopic (exact) mass is 270 g/mol. The van der Waals surface area contributed by atoms with Crippen molar-refractivity contribution in [1.82, 2.24) is 4.98 Å². The van der Waals surface area contributed by atoms with E-state index in [9.17, 15) is 9.18 Å². The number of halogens is 1. The highest BCUT2D eigenvalue weighted by Gasteiger charge is 2.13. The molecule has 1 aromatic carbocycles. The molecule has 4 heteroatoms. The fourth-order valence-corrected chi connectivity index (χ4v) is 2.56. The molecule has 20 heavy (non-hydrogen) atoms. The van der Waals surface area contributed by atoms with Crippen LogP contribution in [0.15, 0.2) is 36.5 Å². The maximum Gasteiger partial charge on any atom is 0.230 e. The van der Waals surface area contributed by atoms with Gasteiger partial charge < -0.3 is 5.32 Å². The zero-order valence-corrected chi connectivity index (χ0v) is 11.0. The number of benzene rings is 1. The van der Waals surface area contributed by atoms with Crippen molar-refractivity contribution in [3.8, 4) is 0 Å². The molecule has 0 spiro atoms. The van der Waals surface area contributed by atoms with Crippen LogP contribution in [0.4, 0.5) is 10.1 Å². The van der Waals surface area contributed by atoms with Gasteiger partial charge >= 0.3 is 0 Å². The molecule has 0 radical (unpaired) electrons. The predicted octanol–water partition coefficient (Wildman–Crippen LogP) is 2.89. The molecule has 0 fully saturated rings. The van der Waals surface area contributed by atoms with Gasteiger partial charge in [0.2, 0.25) is 5.91 Å². The van der Waals surface area contributed by atoms with Gasteiger partial charge in [-0.1, -0.05) is 6.07 Å². The predicted molar refractivity (Wildman–Crippen MR) is 75.0 cm³/mol. The standard InChI is InChI=1S/C16H15FN2O/c17-14-5-2-8-18-15(14)10-16(20)19-13-7-6-11-3-1-4-12(11)9-13/h2,5-9H,1,3-4,10H2,(H,19,20). The molecule has 3 rings (SSSR count). The number of rotatable bonds is 3. The molecule has 1 amide bonds. The molecule has 1 aliphatic rings. The fourth-order valence-electron chi connectivity index (χ4n) is 2.56. The van der Waals surface area contributed by atoms with Gasteiger partial charge in [-0.05, 0) is 54.7 Å². The van der Waals surface area contributed by atoms with E-state index in [2.05, 4.69) is 16.4 Å². The third kappa shape index (κ3) is 2.69. The Labute approximate surface area is 116 Å². The van der Waals surface area contributed by atoms with E-state index < -0.39 is 5.82 Å². The summed E-state index contributed by atoms with van der Waals surface area (Å²) in [4.78, 5) is 15.8. The average Bonchev–Trinajstić information content (AvgIpc) is 2.89. The number of aromatic nitrogens is 1. The van der Waals surface area contributed by atoms with E-state index >= 15 is 0 Å². The minimum Gasteiger partial charge on any atom is -0.326 e. The molecule has 0 atom stereocenters. The largest absolute Gasteiger partial charge is 0.326 e. The van der Waals surface area contributed by atoms with Crippen LogP contribution < -0.4 is 5.32 Å². The second kappa shape index (κ2) is 5.41. The van der Waals surface area contributed by atoms with E-state index in [1.54, 1.807) is 0 Å². The minimum atomic E-state index is -0.448. The zero-order chi connectivity index (χ0) is 13.9. The summed E-state index contributed by atoms with van der Waals surface area (Å²) in [5, 5.41) is 2.80. The number of aryl methyl sites for hydroxylation is 2. The van der Waals surface area contributed by atoms with Gasteiger partial charge in [0, 0.05) is 11.9 Å². The Morgan fingerprint density at radius 1 is 1.25 bits per heavy atom. The summed E-state index contributed by atoms with van der Waals surface area (Å²) in [5.41, 5.74) is 3.60. The van der Waals surface area contributed by atoms with Gasteiger partial charge in [-0.2, -0.15) is 0 Å². The van der Waals surface area contributed by atoms with E-state index in [0.29, 0.717) is 0 Å². The van der Waals surface area contributed by atoms with Crippen molar-refractivity contribution < 1.29 is 9.18 Å². The lowest BCUT2D eigenvalue weighted by atomic mass is 10.1. The Morgan fingerprint density at radius 3 is 2.95 bits per heavy atom. The molecular weight excluding hydrogens is 255 g/mol. The smallest absolute Gasteiger partial charge is 0.230 e. The van der Waals surface area contributed by atoms with Crippen molar-refractivity contribution >= 4 is 11.6 Å². The SMILES string of the molecule is O=C(Cc1ncccc1F)Nc1ccc2c(c1)CCC2. The number of pyridine rings is 1. The molecule has 102 valence electrons. The highest BCUT2D eigenvalue weighted by Crippen LogP contribution is 2.24. The highest BCUT2D eigenvalue weighted by molar-refractivity contribution is 5.92. The summed E-state index contributed by atoms with van der Waals surface area (Å²) in [6.07, 6.45) is 4.79. The first kappa shape index (κ1) is 12.8. The third-order valence-corrected chi connectivity index (χ3v) is 3.54. The topological polar surface area (TPSA) is 42.0 Å². The average molecular weight is 270 g/mol. The maximum atomic E-state index is 13.4. The highest BCUT2D eigenvalue weighted by atomic mass is 19.1. The normalized spacial score (nSPS) is 13.1. The molecule has 0 saturated carbocycles. The zero-order valence-electron chi connectivity index (χ0n) is 11.0. The van der Waals surface area contributed by atoms with Crippen LogP contribution >= 0.6 is 0 Å². The van der Waals surface area contributed by atoms with Crippen LogP contribution in [0.5, 0.6) is 0 Å². The number of fused-ring (bicyclic) bond motifs is 1. The fraction of sp³-hybridized carbons (Fsp3) is 0.250. The number of carbonyl (C=O) groups is 1. The van der Waals surface area contributed by atoms with Gasteiger partial charge in [0.05, 0.1) is 12.1 Å². The van der Waals surface area contributed by atoms with Crippen LogP contribution in [0.25, 0.3) is 0 Å². The van der Waals surface area contributed by atoms with Gasteiger partial charge in [-0.25, -0.2) is 4.39 Å². The van der Waals surface area contributed by atoms with Crippen molar-refractivity contribution in [1.29, 1.82) is 0 Å². The lowest BCUT2D eigenvalue weighted by Gasteiger charge is -2.07. The summed E-state index contributed by atoms with van der Waals surface area (Å²) >= 11 is 0. The molecule has 1 heterocycles. The lowest BCUT2D eigenvalue weighted by molar-refractivity contribution is -0.115. The Balaban J connectivity index is 1.69. The number of nitrogens with one attached hydrogen (secondary N) is 1. The van der Waals surface area contributed by atoms with Gasteiger partial charge in [-0.3, -0.25) is 9.78 Å². The van der Waals surface area contributed by atoms with Crippen molar-refractivity contribution in [2.45, 2.75) is 25.7 Å². The minimum absolute atomic E-state index is 0.0518. The van der Waals surface area contributed by atoms with Gasteiger partial charge in [0.1, 0.15) is 5.82 Å². The van der Waals surface area contributed by atoms with E-state index in [4.69, 9.17) is 0 Å². The summed E-state index contributed by atoms with van der Waals surface area (Å²) < 4.78 is 13.4. The number of carbonyl (C=O) groups excluding carboxylic acids is 1. The molecule has 1 aliphatic carbocycles. The lowest BCUT2D eigenvalue weighted by Crippen LogP contribution is -2.16. The molecule has 2 aromatic rings. The number of amides is 1. The Morgan fingerprint density at radius 2 is 2.10 bits per heavy atom. The van der Waals surface area contributed by atoms with E-state index in [1.807, 2.05) is 12.1 Å². The third-order valence-electron chi connectivity index (χ3n) is 3.54.